The minimum Gasteiger partial charge on any atom is -0.340 e. The topological polar surface area (TPSA) is 54.2 Å². The molecule has 2 saturated heterocycles. The quantitative estimate of drug-likeness (QED) is 0.887. The lowest BCUT2D eigenvalue weighted by Crippen LogP contribution is -2.41. The van der Waals surface area contributed by atoms with Crippen LogP contribution in [0.3, 0.4) is 0 Å². The van der Waals surface area contributed by atoms with E-state index in [2.05, 4.69) is 20.4 Å². The molecular weight excluding hydrogens is 279 g/mol. The summed E-state index contributed by atoms with van der Waals surface area (Å²) in [6.07, 6.45) is 1.08. The highest BCUT2D eigenvalue weighted by atomic mass is 32.2. The van der Waals surface area contributed by atoms with Crippen molar-refractivity contribution in [3.8, 4) is 0 Å². The molecule has 0 aliphatic carbocycles. The molecule has 0 radical (unpaired) electrons. The van der Waals surface area contributed by atoms with Crippen LogP contribution in [-0.4, -0.2) is 57.9 Å². The van der Waals surface area contributed by atoms with Crippen molar-refractivity contribution in [3.05, 3.63) is 11.7 Å². The van der Waals surface area contributed by atoms with Crippen molar-refractivity contribution < 1.29 is 8.91 Å². The molecule has 0 bridgehead atoms. The molecule has 0 unspecified atom stereocenters. The lowest BCUT2D eigenvalue weighted by atomic mass is 10.2. The van der Waals surface area contributed by atoms with Crippen molar-refractivity contribution in [1.82, 2.24) is 20.4 Å². The molecule has 1 N–H and O–H groups in total. The first-order chi connectivity index (χ1) is 9.70. The van der Waals surface area contributed by atoms with E-state index < -0.39 is 6.17 Å². The average molecular weight is 300 g/mol. The molecule has 7 heteroatoms. The van der Waals surface area contributed by atoms with Crippen LogP contribution in [0.4, 0.5) is 4.39 Å². The second-order valence-corrected chi connectivity index (χ2v) is 6.76. The van der Waals surface area contributed by atoms with E-state index in [1.165, 1.54) is 17.9 Å². The molecule has 3 heterocycles. The van der Waals surface area contributed by atoms with Crippen molar-refractivity contribution in [1.29, 1.82) is 0 Å². The van der Waals surface area contributed by atoms with Crippen molar-refractivity contribution >= 4 is 11.8 Å². The van der Waals surface area contributed by atoms with Crippen LogP contribution in [0.5, 0.6) is 0 Å². The Morgan fingerprint density at radius 3 is 3.15 bits per heavy atom. The Hall–Kier alpha value is -0.660. The first-order valence-corrected chi connectivity index (χ1v) is 8.34. The zero-order chi connectivity index (χ0) is 13.9. The van der Waals surface area contributed by atoms with E-state index in [0.717, 1.165) is 6.54 Å². The number of alkyl halides is 1. The van der Waals surface area contributed by atoms with E-state index in [1.54, 1.807) is 6.92 Å². The molecule has 2 aliphatic rings. The summed E-state index contributed by atoms with van der Waals surface area (Å²) >= 11 is 1.99. The summed E-state index contributed by atoms with van der Waals surface area (Å²) in [5, 5.41) is 7.47. The second kappa shape index (κ2) is 6.41. The molecule has 0 amide bonds. The standard InChI is InChI=1S/C13H21FN4OS/c1-9-16-13(17-19-9)7-18-6-10(14)4-12(18)5-15-11-2-3-20-8-11/h10-12,15H,2-8H2,1H3/t10-,11+,12-/m0/s1. The monoisotopic (exact) mass is 300 g/mol. The molecule has 0 aromatic carbocycles. The molecule has 0 spiro atoms. The van der Waals surface area contributed by atoms with E-state index in [9.17, 15) is 4.39 Å². The van der Waals surface area contributed by atoms with Crippen LogP contribution >= 0.6 is 11.8 Å². The van der Waals surface area contributed by atoms with Crippen LogP contribution < -0.4 is 5.32 Å². The lowest BCUT2D eigenvalue weighted by molar-refractivity contribution is 0.219. The van der Waals surface area contributed by atoms with Gasteiger partial charge in [0.1, 0.15) is 6.17 Å². The number of aromatic nitrogens is 2. The van der Waals surface area contributed by atoms with Gasteiger partial charge in [0.15, 0.2) is 5.82 Å². The predicted molar refractivity (Wildman–Crippen MR) is 76.5 cm³/mol. The molecule has 0 saturated carbocycles. The first kappa shape index (κ1) is 14.3. The van der Waals surface area contributed by atoms with Gasteiger partial charge >= 0.3 is 0 Å². The number of hydrogen-bond donors (Lipinski definition) is 1. The maximum absolute atomic E-state index is 13.7. The van der Waals surface area contributed by atoms with Crippen LogP contribution in [0.25, 0.3) is 0 Å². The summed E-state index contributed by atoms with van der Waals surface area (Å²) in [6, 6.07) is 0.822. The summed E-state index contributed by atoms with van der Waals surface area (Å²) in [6.45, 7) is 3.67. The minimum absolute atomic E-state index is 0.231. The molecule has 112 valence electrons. The van der Waals surface area contributed by atoms with E-state index >= 15 is 0 Å². The smallest absolute Gasteiger partial charge is 0.223 e. The summed E-state index contributed by atoms with van der Waals surface area (Å²) in [4.78, 5) is 6.33. The Morgan fingerprint density at radius 2 is 2.45 bits per heavy atom. The Bertz CT molecular complexity index is 438. The van der Waals surface area contributed by atoms with Gasteiger partial charge in [0, 0.05) is 37.8 Å². The molecule has 2 fully saturated rings. The molecule has 5 nitrogen and oxygen atoms in total. The van der Waals surface area contributed by atoms with Gasteiger partial charge in [0.25, 0.3) is 0 Å². The van der Waals surface area contributed by atoms with Crippen molar-refractivity contribution in [2.45, 2.75) is 44.6 Å². The van der Waals surface area contributed by atoms with Gasteiger partial charge in [-0.15, -0.1) is 0 Å². The molecule has 3 rings (SSSR count). The SMILES string of the molecule is Cc1nc(CN2C[C@@H](F)C[C@H]2CN[C@@H]2CCSC2)no1. The number of likely N-dealkylation sites (tertiary alicyclic amines) is 1. The van der Waals surface area contributed by atoms with Crippen molar-refractivity contribution in [2.24, 2.45) is 0 Å². The number of nitrogens with one attached hydrogen (secondary N) is 1. The van der Waals surface area contributed by atoms with E-state index in [-0.39, 0.29) is 6.04 Å². The molecule has 1 aromatic heterocycles. The summed E-state index contributed by atoms with van der Waals surface area (Å²) < 4.78 is 18.7. The molecular formula is C13H21FN4OS. The highest BCUT2D eigenvalue weighted by molar-refractivity contribution is 7.99. The number of hydrogen-bond acceptors (Lipinski definition) is 6. The van der Waals surface area contributed by atoms with Gasteiger partial charge in [-0.3, -0.25) is 4.90 Å². The van der Waals surface area contributed by atoms with Crippen LogP contribution in [0.2, 0.25) is 0 Å². The van der Waals surface area contributed by atoms with Gasteiger partial charge < -0.3 is 9.84 Å². The Balaban J connectivity index is 1.53. The van der Waals surface area contributed by atoms with E-state index in [4.69, 9.17) is 4.52 Å². The van der Waals surface area contributed by atoms with Gasteiger partial charge in [0.2, 0.25) is 5.89 Å². The van der Waals surface area contributed by atoms with E-state index in [1.807, 2.05) is 11.8 Å². The number of aryl methyl sites for hydroxylation is 1. The lowest BCUT2D eigenvalue weighted by Gasteiger charge is -2.24. The summed E-state index contributed by atoms with van der Waals surface area (Å²) in [5.74, 6) is 3.63. The number of halogens is 1. The normalized spacial score (nSPS) is 31.2. The van der Waals surface area contributed by atoms with Crippen LogP contribution in [0.15, 0.2) is 4.52 Å². The fourth-order valence-electron chi connectivity index (χ4n) is 2.91. The predicted octanol–water partition coefficient (Wildman–Crippen LogP) is 1.39. The average Bonchev–Trinajstić information content (AvgIpc) is 3.10. The zero-order valence-corrected chi connectivity index (χ0v) is 12.5. The van der Waals surface area contributed by atoms with Crippen LogP contribution in [0.1, 0.15) is 24.6 Å². The van der Waals surface area contributed by atoms with Crippen LogP contribution in [0, 0.1) is 6.92 Å². The van der Waals surface area contributed by atoms with Gasteiger partial charge in [-0.2, -0.15) is 16.7 Å². The van der Waals surface area contributed by atoms with E-state index in [0.29, 0.717) is 37.3 Å². The maximum Gasteiger partial charge on any atom is 0.223 e. The third kappa shape index (κ3) is 3.51. The largest absolute Gasteiger partial charge is 0.340 e. The number of thioether (sulfide) groups is 1. The summed E-state index contributed by atoms with van der Waals surface area (Å²) in [7, 11) is 0. The van der Waals surface area contributed by atoms with Crippen molar-refractivity contribution in [3.63, 3.8) is 0 Å². The van der Waals surface area contributed by atoms with Gasteiger partial charge in [-0.05, 0) is 18.6 Å². The highest BCUT2D eigenvalue weighted by Gasteiger charge is 2.33. The third-order valence-corrected chi connectivity index (χ3v) is 5.13. The molecule has 1 aromatic rings. The molecule has 3 atom stereocenters. The Labute approximate surface area is 122 Å². The number of rotatable bonds is 5. The fraction of sp³-hybridized carbons (Fsp3) is 0.846. The minimum atomic E-state index is -0.743. The second-order valence-electron chi connectivity index (χ2n) is 5.61. The van der Waals surface area contributed by atoms with Gasteiger partial charge in [-0.25, -0.2) is 4.39 Å². The first-order valence-electron chi connectivity index (χ1n) is 7.19. The molecule has 20 heavy (non-hydrogen) atoms. The third-order valence-electron chi connectivity index (χ3n) is 3.96. The molecule has 2 aliphatic heterocycles. The van der Waals surface area contributed by atoms with Gasteiger partial charge in [0.05, 0.1) is 6.54 Å². The van der Waals surface area contributed by atoms with Crippen molar-refractivity contribution in [2.75, 3.05) is 24.6 Å². The highest BCUT2D eigenvalue weighted by Crippen LogP contribution is 2.23. The fourth-order valence-corrected chi connectivity index (χ4v) is 4.10. The zero-order valence-electron chi connectivity index (χ0n) is 11.7. The Kier molecular flexibility index (Phi) is 4.58. The van der Waals surface area contributed by atoms with Gasteiger partial charge in [-0.1, -0.05) is 5.16 Å². The number of nitrogens with zero attached hydrogens (tertiary/aromatic N) is 3. The summed E-state index contributed by atoms with van der Waals surface area (Å²) in [5.41, 5.74) is 0. The van der Waals surface area contributed by atoms with Crippen LogP contribution in [-0.2, 0) is 6.54 Å². The maximum atomic E-state index is 13.7. The Morgan fingerprint density at radius 1 is 1.55 bits per heavy atom.